The van der Waals surface area contributed by atoms with E-state index in [-0.39, 0.29) is 23.3 Å². The van der Waals surface area contributed by atoms with Gasteiger partial charge in [-0.1, -0.05) is 0 Å². The molecule has 4 rings (SSSR count). The molecule has 0 aromatic heterocycles. The Morgan fingerprint density at radius 1 is 1.22 bits per heavy atom. The van der Waals surface area contributed by atoms with Crippen molar-refractivity contribution in [2.75, 3.05) is 11.1 Å². The van der Waals surface area contributed by atoms with Crippen LogP contribution in [0.3, 0.4) is 0 Å². The molecule has 2 bridgehead atoms. The summed E-state index contributed by atoms with van der Waals surface area (Å²) in [6, 6.07) is 2.76. The number of nitrogens with two attached hydrogens (primary N) is 2. The Balaban J connectivity index is 1.85. The number of halogens is 3. The van der Waals surface area contributed by atoms with Crippen LogP contribution in [0.1, 0.15) is 36.3 Å². The first-order valence-electron chi connectivity index (χ1n) is 9.05. The minimum absolute atomic E-state index is 0.0288. The standard InChI is InChI=1S/C19H22F3N5/c20-19(21,22)18(26)11(7-24)17-15-9-2-1-8(5-9)14(15)16-10(6-23)12(25)3-4-13(16)27-17/h3-4,6-9,14-15,17,23,26-27H,1-2,5,24-25H2/b11-7-,23-6?,26-18?/t8-,9-,14+,15-,17+/m1/s1. The highest BCUT2D eigenvalue weighted by atomic mass is 19.4. The molecule has 1 aliphatic heterocycles. The number of nitrogens with one attached hydrogen (secondary N) is 3. The number of anilines is 2. The van der Waals surface area contributed by atoms with Crippen LogP contribution in [-0.2, 0) is 0 Å². The highest BCUT2D eigenvalue weighted by Gasteiger charge is 2.56. The van der Waals surface area contributed by atoms with Gasteiger partial charge in [-0.05, 0) is 60.6 Å². The van der Waals surface area contributed by atoms with Crippen molar-refractivity contribution >= 4 is 23.3 Å². The molecule has 0 amide bonds. The van der Waals surface area contributed by atoms with Crippen LogP contribution in [0.5, 0.6) is 0 Å². The molecular formula is C19H22F3N5. The second-order valence-corrected chi connectivity index (χ2v) is 7.73. The van der Waals surface area contributed by atoms with E-state index in [2.05, 4.69) is 5.32 Å². The number of nitrogen functional groups attached to an aromatic ring is 1. The molecule has 3 aliphatic rings. The predicted molar refractivity (Wildman–Crippen MR) is 99.3 cm³/mol. The zero-order valence-electron chi connectivity index (χ0n) is 14.6. The van der Waals surface area contributed by atoms with E-state index in [0.717, 1.165) is 31.0 Å². The largest absolute Gasteiger partial charge is 0.433 e. The van der Waals surface area contributed by atoms with Crippen LogP contribution in [0.2, 0.25) is 0 Å². The van der Waals surface area contributed by atoms with Crippen molar-refractivity contribution < 1.29 is 13.2 Å². The van der Waals surface area contributed by atoms with Crippen LogP contribution in [-0.4, -0.2) is 24.1 Å². The van der Waals surface area contributed by atoms with Crippen molar-refractivity contribution in [3.63, 3.8) is 0 Å². The van der Waals surface area contributed by atoms with Crippen LogP contribution < -0.4 is 16.8 Å². The summed E-state index contributed by atoms with van der Waals surface area (Å²) in [4.78, 5) is 0. The first kappa shape index (κ1) is 17.9. The van der Waals surface area contributed by atoms with Gasteiger partial charge in [-0.15, -0.1) is 0 Å². The summed E-state index contributed by atoms with van der Waals surface area (Å²) in [5.41, 5.74) is 12.8. The van der Waals surface area contributed by atoms with Gasteiger partial charge in [0.25, 0.3) is 0 Å². The topological polar surface area (TPSA) is 112 Å². The average molecular weight is 377 g/mol. The molecule has 8 heteroatoms. The van der Waals surface area contributed by atoms with E-state index >= 15 is 0 Å². The van der Waals surface area contributed by atoms with Gasteiger partial charge in [0, 0.05) is 34.9 Å². The van der Waals surface area contributed by atoms with Gasteiger partial charge < -0.3 is 22.2 Å². The van der Waals surface area contributed by atoms with Crippen LogP contribution in [0.4, 0.5) is 24.5 Å². The highest BCUT2D eigenvalue weighted by molar-refractivity contribution is 6.03. The number of fused-ring (bicyclic) bond motifs is 7. The number of rotatable bonds is 3. The fourth-order valence-corrected chi connectivity index (χ4v) is 5.60. The molecular weight excluding hydrogens is 355 g/mol. The zero-order chi connectivity index (χ0) is 19.5. The molecule has 2 saturated carbocycles. The van der Waals surface area contributed by atoms with Crippen LogP contribution in [0.25, 0.3) is 0 Å². The molecule has 144 valence electrons. The second kappa shape index (κ2) is 6.00. The van der Waals surface area contributed by atoms with Crippen molar-refractivity contribution in [3.05, 3.63) is 35.0 Å². The maximum absolute atomic E-state index is 13.2. The molecule has 7 N–H and O–H groups in total. The van der Waals surface area contributed by atoms with E-state index in [1.807, 2.05) is 0 Å². The van der Waals surface area contributed by atoms with Crippen molar-refractivity contribution in [3.8, 4) is 0 Å². The van der Waals surface area contributed by atoms with E-state index in [0.29, 0.717) is 22.9 Å². The molecule has 0 spiro atoms. The Hall–Kier alpha value is -2.51. The Morgan fingerprint density at radius 2 is 1.93 bits per heavy atom. The molecule has 1 aromatic rings. The maximum Gasteiger partial charge on any atom is 0.433 e. The summed E-state index contributed by atoms with van der Waals surface area (Å²) < 4.78 is 39.7. The monoisotopic (exact) mass is 377 g/mol. The minimum atomic E-state index is -4.75. The number of benzene rings is 1. The second-order valence-electron chi connectivity index (χ2n) is 7.73. The molecule has 5 nitrogen and oxygen atoms in total. The maximum atomic E-state index is 13.2. The Labute approximate surface area is 155 Å². The lowest BCUT2D eigenvalue weighted by molar-refractivity contribution is -0.0593. The summed E-state index contributed by atoms with van der Waals surface area (Å²) in [6.07, 6.45) is 0.367. The zero-order valence-corrected chi connectivity index (χ0v) is 14.6. The Bertz CT molecular complexity index is 844. The molecule has 0 saturated heterocycles. The summed E-state index contributed by atoms with van der Waals surface area (Å²) in [5, 5.41) is 18.6. The van der Waals surface area contributed by atoms with Gasteiger partial charge >= 0.3 is 6.18 Å². The van der Waals surface area contributed by atoms with E-state index in [9.17, 15) is 13.2 Å². The molecule has 5 atom stereocenters. The lowest BCUT2D eigenvalue weighted by atomic mass is 9.66. The average Bonchev–Trinajstić information content (AvgIpc) is 3.23. The van der Waals surface area contributed by atoms with Crippen molar-refractivity contribution in [1.82, 2.24) is 0 Å². The number of hydrogen-bond donors (Lipinski definition) is 5. The van der Waals surface area contributed by atoms with Gasteiger partial charge in [-0.3, -0.25) is 5.41 Å². The third kappa shape index (κ3) is 2.53. The molecule has 1 heterocycles. The normalized spacial score (nSPS) is 31.8. The lowest BCUT2D eigenvalue weighted by Crippen LogP contribution is -2.46. The predicted octanol–water partition coefficient (Wildman–Crippen LogP) is 3.61. The van der Waals surface area contributed by atoms with Crippen molar-refractivity contribution in [2.24, 2.45) is 23.5 Å². The Kier molecular flexibility index (Phi) is 3.98. The fraction of sp³-hybridized carbons (Fsp3) is 0.474. The summed E-state index contributed by atoms with van der Waals surface area (Å²) >= 11 is 0. The minimum Gasteiger partial charge on any atom is -0.404 e. The smallest absolute Gasteiger partial charge is 0.404 e. The summed E-state index contributed by atoms with van der Waals surface area (Å²) in [5.74, 6) is 0.583. The third-order valence-corrected chi connectivity index (χ3v) is 6.56. The van der Waals surface area contributed by atoms with E-state index in [1.165, 1.54) is 6.21 Å². The van der Waals surface area contributed by atoms with Gasteiger partial charge in [0.1, 0.15) is 5.71 Å². The molecule has 27 heavy (non-hydrogen) atoms. The summed E-state index contributed by atoms with van der Waals surface area (Å²) in [6.45, 7) is 0. The van der Waals surface area contributed by atoms with Crippen LogP contribution >= 0.6 is 0 Å². The summed E-state index contributed by atoms with van der Waals surface area (Å²) in [7, 11) is 0. The van der Waals surface area contributed by atoms with E-state index in [1.54, 1.807) is 12.1 Å². The molecule has 2 fully saturated rings. The molecule has 2 aliphatic carbocycles. The molecule has 0 unspecified atom stereocenters. The van der Waals surface area contributed by atoms with Crippen molar-refractivity contribution in [2.45, 2.75) is 37.4 Å². The van der Waals surface area contributed by atoms with E-state index < -0.39 is 17.9 Å². The number of alkyl halides is 3. The lowest BCUT2D eigenvalue weighted by Gasteiger charge is -2.45. The first-order chi connectivity index (χ1) is 12.8. The van der Waals surface area contributed by atoms with Gasteiger partial charge in [0.05, 0.1) is 6.04 Å². The van der Waals surface area contributed by atoms with Gasteiger partial charge in [0.2, 0.25) is 0 Å². The SMILES string of the molecule is N=Cc1c(N)ccc2c1[C@H]1[C@@H]3CC[C@H](C3)[C@H]1[C@H](/C(=C/N)C(=N)C(F)(F)F)N2. The quantitative estimate of drug-likeness (QED) is 0.410. The van der Waals surface area contributed by atoms with Gasteiger partial charge in [0.15, 0.2) is 0 Å². The highest BCUT2D eigenvalue weighted by Crippen LogP contribution is 2.62. The third-order valence-electron chi connectivity index (χ3n) is 6.56. The fourth-order valence-electron chi connectivity index (χ4n) is 5.60. The van der Waals surface area contributed by atoms with Crippen LogP contribution in [0, 0.1) is 28.6 Å². The number of hydrogen-bond acceptors (Lipinski definition) is 5. The van der Waals surface area contributed by atoms with Gasteiger partial charge in [-0.25, -0.2) is 0 Å². The van der Waals surface area contributed by atoms with Crippen molar-refractivity contribution in [1.29, 1.82) is 10.8 Å². The van der Waals surface area contributed by atoms with Crippen LogP contribution in [0.15, 0.2) is 23.9 Å². The molecule has 0 radical (unpaired) electrons. The van der Waals surface area contributed by atoms with Gasteiger partial charge in [-0.2, -0.15) is 13.2 Å². The Morgan fingerprint density at radius 3 is 2.56 bits per heavy atom. The molecule has 1 aromatic carbocycles. The van der Waals surface area contributed by atoms with E-state index in [4.69, 9.17) is 22.3 Å². The first-order valence-corrected chi connectivity index (χ1v) is 9.05.